The number of carbonyl (C=O) groups is 3. The normalized spacial score (nSPS) is 15.4. The first-order chi connectivity index (χ1) is 17.3. The highest BCUT2D eigenvalue weighted by molar-refractivity contribution is 5.95. The topological polar surface area (TPSA) is 124 Å². The van der Waals surface area contributed by atoms with Gasteiger partial charge in [-0.15, -0.1) is 0 Å². The quantitative estimate of drug-likeness (QED) is 0.464. The minimum Gasteiger partial charge on any atom is -0.463 e. The number of hydrogen-bond donors (Lipinski definition) is 2. The lowest BCUT2D eigenvalue weighted by Gasteiger charge is -2.29. The molecule has 0 bridgehead atoms. The van der Waals surface area contributed by atoms with Crippen LogP contribution in [0.1, 0.15) is 47.6 Å². The van der Waals surface area contributed by atoms with Crippen LogP contribution in [0.25, 0.3) is 5.65 Å². The number of nitrogens with zero attached hydrogens (tertiary/aromatic N) is 3. The van der Waals surface area contributed by atoms with E-state index in [1.54, 1.807) is 23.6 Å². The molecule has 1 aromatic carbocycles. The number of benzene rings is 1. The molecule has 4 rings (SSSR count). The third kappa shape index (κ3) is 5.22. The summed E-state index contributed by atoms with van der Waals surface area (Å²) in [5.74, 6) is -1.06. The maximum absolute atomic E-state index is 12.8. The van der Waals surface area contributed by atoms with Crippen molar-refractivity contribution in [2.24, 2.45) is 0 Å². The Morgan fingerprint density at radius 3 is 2.58 bits per heavy atom. The van der Waals surface area contributed by atoms with Crippen molar-refractivity contribution >= 4 is 23.6 Å². The van der Waals surface area contributed by atoms with E-state index in [0.717, 1.165) is 28.3 Å². The van der Waals surface area contributed by atoms with Gasteiger partial charge in [-0.2, -0.15) is 5.10 Å². The van der Waals surface area contributed by atoms with Crippen molar-refractivity contribution in [1.82, 2.24) is 25.2 Å². The molecule has 3 heterocycles. The van der Waals surface area contributed by atoms with E-state index < -0.39 is 24.0 Å². The molecule has 1 atom stereocenters. The number of carbonyl (C=O) groups excluding carboxylic acids is 3. The highest BCUT2D eigenvalue weighted by atomic mass is 16.5. The van der Waals surface area contributed by atoms with Crippen molar-refractivity contribution in [3.8, 4) is 0 Å². The Bertz CT molecular complexity index is 1350. The average molecular weight is 492 g/mol. The zero-order valence-electron chi connectivity index (χ0n) is 20.8. The van der Waals surface area contributed by atoms with Gasteiger partial charge in [0.15, 0.2) is 5.65 Å². The van der Waals surface area contributed by atoms with Crippen LogP contribution >= 0.6 is 0 Å². The van der Waals surface area contributed by atoms with Gasteiger partial charge in [-0.3, -0.25) is 4.79 Å². The summed E-state index contributed by atoms with van der Waals surface area (Å²) in [6.07, 6.45) is 0.522. The van der Waals surface area contributed by atoms with E-state index in [1.165, 1.54) is 0 Å². The molecule has 0 spiro atoms. The summed E-state index contributed by atoms with van der Waals surface area (Å²) in [5, 5.41) is 9.82. The van der Waals surface area contributed by atoms with Crippen LogP contribution in [-0.2, 0) is 25.5 Å². The van der Waals surface area contributed by atoms with Gasteiger partial charge in [0, 0.05) is 23.9 Å². The first-order valence-corrected chi connectivity index (χ1v) is 11.8. The molecule has 0 saturated carbocycles. The molecule has 0 radical (unpaired) electrons. The average Bonchev–Trinajstić information content (AvgIpc) is 3.23. The molecule has 1 unspecified atom stereocenters. The van der Waals surface area contributed by atoms with Gasteiger partial charge in [0.25, 0.3) is 0 Å². The van der Waals surface area contributed by atoms with Crippen molar-refractivity contribution in [2.45, 2.75) is 46.6 Å². The van der Waals surface area contributed by atoms with Gasteiger partial charge in [0.05, 0.1) is 29.6 Å². The fourth-order valence-corrected chi connectivity index (χ4v) is 4.33. The highest BCUT2D eigenvalue weighted by Crippen LogP contribution is 2.28. The Balaban J connectivity index is 1.51. The van der Waals surface area contributed by atoms with E-state index in [0.29, 0.717) is 12.0 Å². The fourth-order valence-electron chi connectivity index (χ4n) is 4.33. The first-order valence-electron chi connectivity index (χ1n) is 11.8. The number of ether oxygens (including phenoxy) is 2. The lowest BCUT2D eigenvalue weighted by Crippen LogP contribution is -2.47. The highest BCUT2D eigenvalue weighted by Gasteiger charge is 2.34. The molecule has 0 saturated heterocycles. The summed E-state index contributed by atoms with van der Waals surface area (Å²) in [6, 6.07) is 9.75. The van der Waals surface area contributed by atoms with Gasteiger partial charge in [0.2, 0.25) is 0 Å². The summed E-state index contributed by atoms with van der Waals surface area (Å²) < 4.78 is 12.5. The maximum atomic E-state index is 12.8. The van der Waals surface area contributed by atoms with E-state index in [1.807, 2.05) is 45.0 Å². The van der Waals surface area contributed by atoms with Crippen LogP contribution in [0.3, 0.4) is 0 Å². The summed E-state index contributed by atoms with van der Waals surface area (Å²) in [5.41, 5.74) is 5.41. The zero-order valence-corrected chi connectivity index (χ0v) is 20.8. The number of fused-ring (bicyclic) bond motifs is 1. The van der Waals surface area contributed by atoms with Crippen LogP contribution in [0, 0.1) is 20.8 Å². The molecule has 0 fully saturated rings. The monoisotopic (exact) mass is 491 g/mol. The van der Waals surface area contributed by atoms with Gasteiger partial charge >= 0.3 is 18.0 Å². The molecule has 2 amide bonds. The number of hydrogen-bond acceptors (Lipinski definition) is 7. The predicted octanol–water partition coefficient (Wildman–Crippen LogP) is 3.00. The number of urea groups is 1. The number of nitrogens with one attached hydrogen (secondary N) is 2. The zero-order chi connectivity index (χ0) is 25.8. The predicted molar refractivity (Wildman–Crippen MR) is 131 cm³/mol. The van der Waals surface area contributed by atoms with Crippen LogP contribution in [0.5, 0.6) is 0 Å². The Morgan fingerprint density at radius 1 is 1.11 bits per heavy atom. The van der Waals surface area contributed by atoms with Crippen molar-refractivity contribution in [2.75, 3.05) is 13.2 Å². The van der Waals surface area contributed by atoms with Crippen LogP contribution < -0.4 is 10.6 Å². The van der Waals surface area contributed by atoms with E-state index in [-0.39, 0.29) is 30.9 Å². The number of aryl methyl sites for hydroxylation is 3. The molecule has 188 valence electrons. The van der Waals surface area contributed by atoms with Gasteiger partial charge in [0.1, 0.15) is 6.61 Å². The first kappa shape index (κ1) is 24.9. The minimum atomic E-state index is -0.728. The molecular weight excluding hydrogens is 462 g/mol. The number of rotatable bonds is 8. The SMILES string of the molecule is CCOC(=O)C1=C(COC(=O)CCc2c(C)nc3cc(C)nn3c2C)NC(=O)NC1c1ccccc1. The molecule has 2 N–H and O–H groups in total. The minimum absolute atomic E-state index is 0.103. The molecule has 36 heavy (non-hydrogen) atoms. The lowest BCUT2D eigenvalue weighted by molar-refractivity contribution is -0.143. The lowest BCUT2D eigenvalue weighted by atomic mass is 9.95. The second-order valence-corrected chi connectivity index (χ2v) is 8.53. The summed E-state index contributed by atoms with van der Waals surface area (Å²) >= 11 is 0. The van der Waals surface area contributed by atoms with Crippen LogP contribution in [0.15, 0.2) is 47.7 Å². The molecule has 10 heteroatoms. The van der Waals surface area contributed by atoms with Crippen LogP contribution in [-0.4, -0.2) is 45.8 Å². The maximum Gasteiger partial charge on any atom is 0.338 e. The van der Waals surface area contributed by atoms with Gasteiger partial charge in [-0.25, -0.2) is 19.1 Å². The molecule has 2 aromatic heterocycles. The van der Waals surface area contributed by atoms with Crippen LogP contribution in [0.2, 0.25) is 0 Å². The molecule has 10 nitrogen and oxygen atoms in total. The fraction of sp³-hybridized carbons (Fsp3) is 0.346. The number of esters is 2. The Hall–Kier alpha value is -4.21. The second-order valence-electron chi connectivity index (χ2n) is 8.53. The van der Waals surface area contributed by atoms with E-state index >= 15 is 0 Å². The van der Waals surface area contributed by atoms with Crippen molar-refractivity contribution in [3.63, 3.8) is 0 Å². The summed E-state index contributed by atoms with van der Waals surface area (Å²) in [4.78, 5) is 42.4. The smallest absolute Gasteiger partial charge is 0.338 e. The molecule has 0 aliphatic carbocycles. The van der Waals surface area contributed by atoms with Crippen molar-refractivity contribution in [1.29, 1.82) is 0 Å². The third-order valence-electron chi connectivity index (χ3n) is 6.02. The summed E-state index contributed by atoms with van der Waals surface area (Å²) in [6.45, 7) is 7.35. The third-order valence-corrected chi connectivity index (χ3v) is 6.02. The van der Waals surface area contributed by atoms with E-state index in [9.17, 15) is 14.4 Å². The van der Waals surface area contributed by atoms with Crippen molar-refractivity contribution in [3.05, 3.63) is 75.9 Å². The van der Waals surface area contributed by atoms with E-state index in [2.05, 4.69) is 20.7 Å². The van der Waals surface area contributed by atoms with E-state index in [4.69, 9.17) is 9.47 Å². The van der Waals surface area contributed by atoms with Gasteiger partial charge < -0.3 is 20.1 Å². The van der Waals surface area contributed by atoms with Crippen LogP contribution in [0.4, 0.5) is 4.79 Å². The molecule has 1 aliphatic heterocycles. The van der Waals surface area contributed by atoms with Crippen molar-refractivity contribution < 1.29 is 23.9 Å². The largest absolute Gasteiger partial charge is 0.463 e. The second kappa shape index (κ2) is 10.6. The summed E-state index contributed by atoms with van der Waals surface area (Å²) in [7, 11) is 0. The number of aromatic nitrogens is 3. The van der Waals surface area contributed by atoms with Gasteiger partial charge in [-0.1, -0.05) is 30.3 Å². The Morgan fingerprint density at radius 2 is 1.86 bits per heavy atom. The van der Waals surface area contributed by atoms with Gasteiger partial charge in [-0.05, 0) is 45.2 Å². The standard InChI is InChI=1S/C26H29N5O5/c1-5-35-25(33)23-20(28-26(34)29-24(23)18-9-7-6-8-10-18)14-36-22(32)12-11-19-16(3)27-21-13-15(2)30-31(21)17(19)4/h6-10,13,24H,5,11-12,14H2,1-4H3,(H2,28,29,34). The molecule has 1 aliphatic rings. The Labute approximate surface area is 208 Å². The Kier molecular flexibility index (Phi) is 7.33. The number of amides is 2. The molecule has 3 aromatic rings. The molecular formula is C26H29N5O5.